The topological polar surface area (TPSA) is 77.9 Å². The second-order valence-electron chi connectivity index (χ2n) is 5.16. The van der Waals surface area contributed by atoms with Crippen molar-refractivity contribution in [2.24, 2.45) is 7.05 Å². The van der Waals surface area contributed by atoms with Crippen LogP contribution in [0.5, 0.6) is 0 Å². The number of aryl methyl sites for hydroxylation is 3. The third-order valence-corrected chi connectivity index (χ3v) is 3.56. The number of hydrogen-bond acceptors (Lipinski definition) is 4. The first-order chi connectivity index (χ1) is 10.5. The van der Waals surface area contributed by atoms with Crippen LogP contribution in [0.15, 0.2) is 35.1 Å². The summed E-state index contributed by atoms with van der Waals surface area (Å²) in [5.74, 6) is 1.11. The molecule has 0 saturated heterocycles. The van der Waals surface area contributed by atoms with Crippen molar-refractivity contribution in [1.82, 2.24) is 19.5 Å². The number of nitrogens with one attached hydrogen (secondary N) is 1. The summed E-state index contributed by atoms with van der Waals surface area (Å²) in [6.45, 7) is 4.32. The zero-order chi connectivity index (χ0) is 15.7. The number of nitrogens with zero attached hydrogens (tertiary/aromatic N) is 4. The smallest absolute Gasteiger partial charge is 0.273 e. The number of carbonyl (C=O) groups excluding carboxylic acids is 1. The van der Waals surface area contributed by atoms with E-state index in [1.54, 1.807) is 21.4 Å². The van der Waals surface area contributed by atoms with Gasteiger partial charge < -0.3 is 14.4 Å². The van der Waals surface area contributed by atoms with Gasteiger partial charge in [-0.15, -0.1) is 0 Å². The number of hydrogen-bond donors (Lipinski definition) is 1. The summed E-state index contributed by atoms with van der Waals surface area (Å²) in [5, 5.41) is 11.1. The van der Waals surface area contributed by atoms with Crippen LogP contribution in [-0.4, -0.2) is 25.4 Å². The Morgan fingerprint density at radius 3 is 2.77 bits per heavy atom. The Labute approximate surface area is 127 Å². The Hall–Kier alpha value is -2.83. The fourth-order valence-electron chi connectivity index (χ4n) is 2.28. The van der Waals surface area contributed by atoms with Gasteiger partial charge in [-0.1, -0.05) is 5.16 Å². The van der Waals surface area contributed by atoms with Crippen LogP contribution in [0.3, 0.4) is 0 Å². The molecule has 0 spiro atoms. The summed E-state index contributed by atoms with van der Waals surface area (Å²) >= 11 is 0. The van der Waals surface area contributed by atoms with Crippen LogP contribution in [0.2, 0.25) is 0 Å². The van der Waals surface area contributed by atoms with Crippen molar-refractivity contribution < 1.29 is 9.32 Å². The van der Waals surface area contributed by atoms with Gasteiger partial charge >= 0.3 is 0 Å². The summed E-state index contributed by atoms with van der Waals surface area (Å²) in [6.07, 6.45) is 3.64. The van der Waals surface area contributed by atoms with Gasteiger partial charge in [-0.2, -0.15) is 5.10 Å². The van der Waals surface area contributed by atoms with Gasteiger partial charge in [0.2, 0.25) is 0 Å². The van der Waals surface area contributed by atoms with E-state index in [-0.39, 0.29) is 5.91 Å². The maximum absolute atomic E-state index is 12.1. The third kappa shape index (κ3) is 2.65. The van der Waals surface area contributed by atoms with Crippen LogP contribution >= 0.6 is 0 Å². The lowest BCUT2D eigenvalue weighted by Crippen LogP contribution is -2.16. The monoisotopic (exact) mass is 299 g/mol. The molecule has 0 saturated carbocycles. The van der Waals surface area contributed by atoms with Crippen LogP contribution in [-0.2, 0) is 13.6 Å². The average molecular weight is 299 g/mol. The molecule has 3 aromatic rings. The van der Waals surface area contributed by atoms with E-state index in [9.17, 15) is 4.79 Å². The summed E-state index contributed by atoms with van der Waals surface area (Å²) in [7, 11) is 1.82. The zero-order valence-electron chi connectivity index (χ0n) is 12.7. The van der Waals surface area contributed by atoms with Gasteiger partial charge in [0, 0.05) is 31.1 Å². The minimum atomic E-state index is -0.185. The molecule has 0 aliphatic rings. The molecule has 0 aliphatic heterocycles. The minimum Gasteiger partial charge on any atom is -0.361 e. The molecule has 0 fully saturated rings. The second-order valence-corrected chi connectivity index (χ2v) is 5.16. The van der Waals surface area contributed by atoms with E-state index in [1.165, 1.54) is 0 Å². The zero-order valence-corrected chi connectivity index (χ0v) is 12.7. The molecule has 0 unspecified atom stereocenters. The molecule has 0 aromatic carbocycles. The van der Waals surface area contributed by atoms with Gasteiger partial charge in [-0.25, -0.2) is 0 Å². The molecule has 22 heavy (non-hydrogen) atoms. The summed E-state index contributed by atoms with van der Waals surface area (Å²) in [4.78, 5) is 12.1. The number of anilines is 1. The van der Waals surface area contributed by atoms with Crippen molar-refractivity contribution in [2.75, 3.05) is 5.32 Å². The maximum Gasteiger partial charge on any atom is 0.273 e. The fourth-order valence-corrected chi connectivity index (χ4v) is 2.28. The molecule has 0 radical (unpaired) electrons. The highest BCUT2D eigenvalue weighted by molar-refractivity contribution is 6.02. The van der Waals surface area contributed by atoms with E-state index in [1.807, 2.05) is 39.4 Å². The van der Waals surface area contributed by atoms with Gasteiger partial charge in [0.05, 0.1) is 12.2 Å². The molecule has 3 rings (SSSR count). The molecule has 0 atom stereocenters. The predicted octanol–water partition coefficient (Wildman–Crippen LogP) is 2.13. The first-order valence-corrected chi connectivity index (χ1v) is 6.92. The molecule has 3 aromatic heterocycles. The van der Waals surface area contributed by atoms with Crippen molar-refractivity contribution in [3.63, 3.8) is 0 Å². The van der Waals surface area contributed by atoms with Gasteiger partial charge in [-0.3, -0.25) is 9.48 Å². The minimum absolute atomic E-state index is 0.185. The quantitative estimate of drug-likeness (QED) is 0.800. The third-order valence-electron chi connectivity index (χ3n) is 3.56. The van der Waals surface area contributed by atoms with Crippen molar-refractivity contribution in [3.05, 3.63) is 53.3 Å². The van der Waals surface area contributed by atoms with Gasteiger partial charge in [0.25, 0.3) is 5.91 Å². The molecule has 1 N–H and O–H groups in total. The standard InChI is InChI=1S/C15H17N5O2/c1-10-12(11(2)22-18-10)9-20-8-6-14(17-20)16-15(21)13-5-4-7-19(13)3/h4-8H,9H2,1-3H3,(H,16,17,21). The first-order valence-electron chi connectivity index (χ1n) is 6.92. The van der Waals surface area contributed by atoms with E-state index in [0.717, 1.165) is 17.0 Å². The molecule has 0 aliphatic carbocycles. The second kappa shape index (κ2) is 5.51. The SMILES string of the molecule is Cc1noc(C)c1Cn1ccc(NC(=O)c2cccn2C)n1. The largest absolute Gasteiger partial charge is 0.361 e. The van der Waals surface area contributed by atoms with Crippen molar-refractivity contribution in [1.29, 1.82) is 0 Å². The van der Waals surface area contributed by atoms with E-state index >= 15 is 0 Å². The van der Waals surface area contributed by atoms with E-state index < -0.39 is 0 Å². The number of amides is 1. The van der Waals surface area contributed by atoms with Gasteiger partial charge in [-0.05, 0) is 26.0 Å². The number of carbonyl (C=O) groups is 1. The predicted molar refractivity (Wildman–Crippen MR) is 80.7 cm³/mol. The summed E-state index contributed by atoms with van der Waals surface area (Å²) in [6, 6.07) is 5.35. The molecular formula is C15H17N5O2. The molecule has 1 amide bonds. The Balaban J connectivity index is 1.72. The lowest BCUT2D eigenvalue weighted by Gasteiger charge is -2.03. The molecule has 3 heterocycles. The Bertz CT molecular complexity index is 792. The molecule has 7 heteroatoms. The van der Waals surface area contributed by atoms with E-state index in [0.29, 0.717) is 18.1 Å². The van der Waals surface area contributed by atoms with Gasteiger partial charge in [0.1, 0.15) is 11.5 Å². The normalized spacial score (nSPS) is 10.9. The Kier molecular flexibility index (Phi) is 3.54. The average Bonchev–Trinajstić information content (AvgIpc) is 3.17. The van der Waals surface area contributed by atoms with Crippen LogP contribution in [0.1, 0.15) is 27.5 Å². The molecule has 114 valence electrons. The number of rotatable bonds is 4. The van der Waals surface area contributed by atoms with Crippen molar-refractivity contribution in [3.8, 4) is 0 Å². The molecule has 7 nitrogen and oxygen atoms in total. The van der Waals surface area contributed by atoms with E-state index in [4.69, 9.17) is 4.52 Å². The van der Waals surface area contributed by atoms with Crippen LogP contribution in [0.4, 0.5) is 5.82 Å². The summed E-state index contributed by atoms with van der Waals surface area (Å²) < 4.78 is 8.64. The molecular weight excluding hydrogens is 282 g/mol. The lowest BCUT2D eigenvalue weighted by molar-refractivity contribution is 0.101. The highest BCUT2D eigenvalue weighted by Gasteiger charge is 2.13. The van der Waals surface area contributed by atoms with Crippen molar-refractivity contribution in [2.45, 2.75) is 20.4 Å². The summed E-state index contributed by atoms with van der Waals surface area (Å²) in [5.41, 5.74) is 2.44. The Morgan fingerprint density at radius 2 is 2.14 bits per heavy atom. The lowest BCUT2D eigenvalue weighted by atomic mass is 10.2. The number of aromatic nitrogens is 4. The fraction of sp³-hybridized carbons (Fsp3) is 0.267. The maximum atomic E-state index is 12.1. The molecule has 0 bridgehead atoms. The highest BCUT2D eigenvalue weighted by atomic mass is 16.5. The van der Waals surface area contributed by atoms with Crippen molar-refractivity contribution >= 4 is 11.7 Å². The van der Waals surface area contributed by atoms with E-state index in [2.05, 4.69) is 15.6 Å². The highest BCUT2D eigenvalue weighted by Crippen LogP contribution is 2.14. The van der Waals surface area contributed by atoms with Crippen LogP contribution in [0, 0.1) is 13.8 Å². The van der Waals surface area contributed by atoms with Gasteiger partial charge in [0.15, 0.2) is 5.82 Å². The Morgan fingerprint density at radius 1 is 1.32 bits per heavy atom. The van der Waals surface area contributed by atoms with Crippen LogP contribution < -0.4 is 5.32 Å². The van der Waals surface area contributed by atoms with Crippen LogP contribution in [0.25, 0.3) is 0 Å². The first kappa shape index (κ1) is 14.1.